The summed E-state index contributed by atoms with van der Waals surface area (Å²) in [4.78, 5) is 4.52. The molecular weight excluding hydrogens is 274 g/mol. The monoisotopic (exact) mass is 291 g/mol. The topological polar surface area (TPSA) is 46.5 Å². The molecule has 0 aliphatic rings. The van der Waals surface area contributed by atoms with E-state index in [1.807, 2.05) is 61.5 Å². The summed E-state index contributed by atoms with van der Waals surface area (Å²) in [7, 11) is 1.65. The number of ether oxygens (including phenoxy) is 1. The number of hydrazone groups is 1. The number of pyridine rings is 1. The maximum absolute atomic E-state index is 5.20. The van der Waals surface area contributed by atoms with Crippen molar-refractivity contribution in [3.8, 4) is 5.75 Å². The van der Waals surface area contributed by atoms with Crippen LogP contribution in [0, 0.1) is 6.92 Å². The molecule has 3 rings (SSSR count). The SMILES string of the molecule is COc1cccc(C=NNc2cc(C)nc3ccccc23)c1. The van der Waals surface area contributed by atoms with Gasteiger partial charge in [0.05, 0.1) is 24.5 Å². The van der Waals surface area contributed by atoms with Gasteiger partial charge in [-0.05, 0) is 36.8 Å². The van der Waals surface area contributed by atoms with E-state index in [0.717, 1.165) is 33.6 Å². The zero-order chi connectivity index (χ0) is 15.4. The number of methoxy groups -OCH3 is 1. The van der Waals surface area contributed by atoms with E-state index >= 15 is 0 Å². The Morgan fingerprint density at radius 1 is 1.09 bits per heavy atom. The van der Waals surface area contributed by atoms with Crippen LogP contribution in [0.15, 0.2) is 59.7 Å². The van der Waals surface area contributed by atoms with Gasteiger partial charge in [-0.3, -0.25) is 10.4 Å². The van der Waals surface area contributed by atoms with Crippen molar-refractivity contribution in [1.82, 2.24) is 4.98 Å². The van der Waals surface area contributed by atoms with E-state index in [1.54, 1.807) is 13.3 Å². The van der Waals surface area contributed by atoms with E-state index in [4.69, 9.17) is 4.74 Å². The summed E-state index contributed by atoms with van der Waals surface area (Å²) in [6.45, 7) is 1.98. The molecule has 0 atom stereocenters. The second kappa shape index (κ2) is 6.26. The molecular formula is C18H17N3O. The van der Waals surface area contributed by atoms with Crippen LogP contribution in [0.4, 0.5) is 5.69 Å². The van der Waals surface area contributed by atoms with E-state index in [1.165, 1.54) is 0 Å². The Kier molecular flexibility index (Phi) is 4.01. The van der Waals surface area contributed by atoms with Crippen molar-refractivity contribution in [3.05, 3.63) is 65.9 Å². The predicted molar refractivity (Wildman–Crippen MR) is 90.7 cm³/mol. The van der Waals surface area contributed by atoms with Crippen molar-refractivity contribution in [2.75, 3.05) is 12.5 Å². The van der Waals surface area contributed by atoms with E-state index in [2.05, 4.69) is 15.5 Å². The molecule has 0 spiro atoms. The summed E-state index contributed by atoms with van der Waals surface area (Å²) in [5, 5.41) is 5.37. The minimum absolute atomic E-state index is 0.814. The van der Waals surface area contributed by atoms with Gasteiger partial charge in [-0.15, -0.1) is 0 Å². The number of hydrogen-bond acceptors (Lipinski definition) is 4. The van der Waals surface area contributed by atoms with Gasteiger partial charge >= 0.3 is 0 Å². The van der Waals surface area contributed by atoms with Crippen LogP contribution in [-0.2, 0) is 0 Å². The Bertz CT molecular complexity index is 827. The molecule has 0 radical (unpaired) electrons. The van der Waals surface area contributed by atoms with Gasteiger partial charge in [0.15, 0.2) is 0 Å². The third-order valence-corrected chi connectivity index (χ3v) is 3.34. The molecule has 0 saturated heterocycles. The second-order valence-electron chi connectivity index (χ2n) is 4.97. The molecule has 1 aromatic heterocycles. The maximum atomic E-state index is 5.20. The zero-order valence-corrected chi connectivity index (χ0v) is 12.6. The lowest BCUT2D eigenvalue weighted by Crippen LogP contribution is -1.95. The van der Waals surface area contributed by atoms with Crippen LogP contribution in [0.1, 0.15) is 11.3 Å². The highest BCUT2D eigenvalue weighted by Crippen LogP contribution is 2.22. The third kappa shape index (κ3) is 3.06. The fourth-order valence-corrected chi connectivity index (χ4v) is 2.30. The Labute approximate surface area is 129 Å². The molecule has 0 aliphatic carbocycles. The third-order valence-electron chi connectivity index (χ3n) is 3.34. The van der Waals surface area contributed by atoms with E-state index in [0.29, 0.717) is 0 Å². The number of anilines is 1. The van der Waals surface area contributed by atoms with Gasteiger partial charge < -0.3 is 4.74 Å². The number of benzene rings is 2. The van der Waals surface area contributed by atoms with E-state index in [9.17, 15) is 0 Å². The fraction of sp³-hybridized carbons (Fsp3) is 0.111. The Balaban J connectivity index is 1.85. The highest BCUT2D eigenvalue weighted by atomic mass is 16.5. The minimum Gasteiger partial charge on any atom is -0.497 e. The molecule has 0 amide bonds. The maximum Gasteiger partial charge on any atom is 0.119 e. The number of fused-ring (bicyclic) bond motifs is 1. The lowest BCUT2D eigenvalue weighted by atomic mass is 10.1. The van der Waals surface area contributed by atoms with Crippen LogP contribution in [0.2, 0.25) is 0 Å². The summed E-state index contributed by atoms with van der Waals surface area (Å²) < 4.78 is 5.20. The Morgan fingerprint density at radius 2 is 1.95 bits per heavy atom. The first-order chi connectivity index (χ1) is 10.8. The number of aromatic nitrogens is 1. The molecule has 4 nitrogen and oxygen atoms in total. The number of rotatable bonds is 4. The van der Waals surface area contributed by atoms with Crippen molar-refractivity contribution in [2.45, 2.75) is 6.92 Å². The number of nitrogens with zero attached hydrogens (tertiary/aromatic N) is 2. The Morgan fingerprint density at radius 3 is 2.82 bits per heavy atom. The molecule has 22 heavy (non-hydrogen) atoms. The van der Waals surface area contributed by atoms with E-state index < -0.39 is 0 Å². The molecule has 0 unspecified atom stereocenters. The van der Waals surface area contributed by atoms with Crippen LogP contribution in [0.25, 0.3) is 10.9 Å². The smallest absolute Gasteiger partial charge is 0.119 e. The summed E-state index contributed by atoms with van der Waals surface area (Å²) in [5.74, 6) is 0.814. The summed E-state index contributed by atoms with van der Waals surface area (Å²) >= 11 is 0. The van der Waals surface area contributed by atoms with Crippen LogP contribution >= 0.6 is 0 Å². The van der Waals surface area contributed by atoms with Crippen molar-refractivity contribution < 1.29 is 4.74 Å². The minimum atomic E-state index is 0.814. The zero-order valence-electron chi connectivity index (χ0n) is 12.6. The van der Waals surface area contributed by atoms with Crippen LogP contribution in [0.5, 0.6) is 5.75 Å². The lowest BCUT2D eigenvalue weighted by molar-refractivity contribution is 0.415. The van der Waals surface area contributed by atoms with Crippen LogP contribution in [0.3, 0.4) is 0 Å². The molecule has 110 valence electrons. The largest absolute Gasteiger partial charge is 0.497 e. The quantitative estimate of drug-likeness (QED) is 0.584. The highest BCUT2D eigenvalue weighted by molar-refractivity contribution is 5.92. The van der Waals surface area contributed by atoms with Gasteiger partial charge in [-0.1, -0.05) is 30.3 Å². The molecule has 2 aromatic carbocycles. The van der Waals surface area contributed by atoms with Gasteiger partial charge in [0, 0.05) is 11.1 Å². The number of para-hydroxylation sites is 1. The Hall–Kier alpha value is -2.88. The first kappa shape index (κ1) is 14.1. The average molecular weight is 291 g/mol. The fourth-order valence-electron chi connectivity index (χ4n) is 2.30. The summed E-state index contributed by atoms with van der Waals surface area (Å²) in [6, 6.07) is 17.8. The number of hydrogen-bond donors (Lipinski definition) is 1. The predicted octanol–water partition coefficient (Wildman–Crippen LogP) is 4.00. The lowest BCUT2D eigenvalue weighted by Gasteiger charge is -2.07. The normalized spacial score (nSPS) is 11.0. The van der Waals surface area contributed by atoms with Crippen LogP contribution in [-0.4, -0.2) is 18.3 Å². The molecule has 1 heterocycles. The van der Waals surface area contributed by atoms with Crippen LogP contribution < -0.4 is 10.2 Å². The van der Waals surface area contributed by atoms with Gasteiger partial charge in [0.1, 0.15) is 5.75 Å². The standard InChI is InChI=1S/C18H17N3O/c1-13-10-18(16-8-3-4-9-17(16)20-13)21-19-12-14-6-5-7-15(11-14)22-2/h3-12H,1-2H3,(H,20,21). The average Bonchev–Trinajstić information content (AvgIpc) is 2.55. The van der Waals surface area contributed by atoms with Gasteiger partial charge in [-0.25, -0.2) is 0 Å². The van der Waals surface area contributed by atoms with Crippen molar-refractivity contribution in [1.29, 1.82) is 0 Å². The van der Waals surface area contributed by atoms with E-state index in [-0.39, 0.29) is 0 Å². The molecule has 1 N–H and O–H groups in total. The molecule has 0 aliphatic heterocycles. The van der Waals surface area contributed by atoms with Crippen molar-refractivity contribution >= 4 is 22.8 Å². The second-order valence-corrected chi connectivity index (χ2v) is 4.97. The number of nitrogens with one attached hydrogen (secondary N) is 1. The molecule has 3 aromatic rings. The summed E-state index contributed by atoms with van der Waals surface area (Å²) in [6.07, 6.45) is 1.77. The molecule has 0 bridgehead atoms. The number of aryl methyl sites for hydroxylation is 1. The van der Waals surface area contributed by atoms with Crippen molar-refractivity contribution in [2.24, 2.45) is 5.10 Å². The van der Waals surface area contributed by atoms with Gasteiger partial charge in [0.25, 0.3) is 0 Å². The van der Waals surface area contributed by atoms with Gasteiger partial charge in [0.2, 0.25) is 0 Å². The first-order valence-corrected chi connectivity index (χ1v) is 7.06. The molecule has 0 fully saturated rings. The summed E-state index contributed by atoms with van der Waals surface area (Å²) in [5.41, 5.74) is 6.94. The van der Waals surface area contributed by atoms with Gasteiger partial charge in [-0.2, -0.15) is 5.10 Å². The first-order valence-electron chi connectivity index (χ1n) is 7.06. The molecule has 4 heteroatoms. The highest BCUT2D eigenvalue weighted by Gasteiger charge is 2.02. The molecule has 0 saturated carbocycles. The van der Waals surface area contributed by atoms with Crippen molar-refractivity contribution in [3.63, 3.8) is 0 Å².